The summed E-state index contributed by atoms with van der Waals surface area (Å²) in [6, 6.07) is 7.71. The highest BCUT2D eigenvalue weighted by Gasteiger charge is 2.37. The standard InChI is InChI=1S/C14H18ClNO/c15-12-6-4-11(5-7-12)10-14(13(16)17)8-2-1-3-9-14/h4-7H,1-3,8-10H2,(H2,16,17). The van der Waals surface area contributed by atoms with Crippen molar-refractivity contribution in [3.05, 3.63) is 34.9 Å². The molecule has 1 aromatic rings. The zero-order valence-electron chi connectivity index (χ0n) is 9.92. The largest absolute Gasteiger partial charge is 0.369 e. The fourth-order valence-electron chi connectivity index (χ4n) is 2.73. The second-order valence-electron chi connectivity index (χ2n) is 5.01. The van der Waals surface area contributed by atoms with E-state index in [1.807, 2.05) is 24.3 Å². The van der Waals surface area contributed by atoms with Crippen LogP contribution >= 0.6 is 11.6 Å². The zero-order chi connectivity index (χ0) is 12.3. The molecule has 92 valence electrons. The molecular formula is C14H18ClNO. The van der Waals surface area contributed by atoms with Gasteiger partial charge in [-0.15, -0.1) is 0 Å². The minimum absolute atomic E-state index is 0.146. The zero-order valence-corrected chi connectivity index (χ0v) is 10.7. The fourth-order valence-corrected chi connectivity index (χ4v) is 2.86. The first-order valence-corrected chi connectivity index (χ1v) is 6.55. The van der Waals surface area contributed by atoms with Gasteiger partial charge in [0.05, 0.1) is 5.41 Å². The molecule has 0 unspecified atom stereocenters. The Morgan fingerprint density at radius 3 is 2.29 bits per heavy atom. The summed E-state index contributed by atoms with van der Waals surface area (Å²) in [5.74, 6) is -0.146. The van der Waals surface area contributed by atoms with E-state index in [2.05, 4.69) is 0 Å². The monoisotopic (exact) mass is 251 g/mol. The van der Waals surface area contributed by atoms with Gasteiger partial charge in [-0.05, 0) is 37.0 Å². The van der Waals surface area contributed by atoms with Gasteiger partial charge in [0, 0.05) is 5.02 Å². The maximum atomic E-state index is 11.7. The van der Waals surface area contributed by atoms with Gasteiger partial charge in [-0.3, -0.25) is 4.79 Å². The predicted molar refractivity (Wildman–Crippen MR) is 69.9 cm³/mol. The van der Waals surface area contributed by atoms with E-state index in [0.29, 0.717) is 0 Å². The molecule has 1 fully saturated rings. The van der Waals surface area contributed by atoms with Gasteiger partial charge in [0.2, 0.25) is 5.91 Å². The van der Waals surface area contributed by atoms with E-state index in [9.17, 15) is 4.79 Å². The van der Waals surface area contributed by atoms with Crippen molar-refractivity contribution in [1.29, 1.82) is 0 Å². The third kappa shape index (κ3) is 2.81. The molecular weight excluding hydrogens is 234 g/mol. The maximum absolute atomic E-state index is 11.7. The molecule has 1 aliphatic carbocycles. The normalized spacial score (nSPS) is 18.9. The average molecular weight is 252 g/mol. The van der Waals surface area contributed by atoms with Gasteiger partial charge in [0.1, 0.15) is 0 Å². The molecule has 2 rings (SSSR count). The molecule has 0 aromatic heterocycles. The number of carbonyl (C=O) groups is 1. The molecule has 1 saturated carbocycles. The van der Waals surface area contributed by atoms with Gasteiger partial charge in [0.15, 0.2) is 0 Å². The fraction of sp³-hybridized carbons (Fsp3) is 0.500. The number of amides is 1. The lowest BCUT2D eigenvalue weighted by Gasteiger charge is -2.34. The van der Waals surface area contributed by atoms with E-state index >= 15 is 0 Å². The Bertz CT molecular complexity index is 393. The van der Waals surface area contributed by atoms with Crippen molar-refractivity contribution in [3.63, 3.8) is 0 Å². The molecule has 2 N–H and O–H groups in total. The molecule has 1 aromatic carbocycles. The highest BCUT2D eigenvalue weighted by Crippen LogP contribution is 2.39. The second-order valence-corrected chi connectivity index (χ2v) is 5.44. The van der Waals surface area contributed by atoms with Crippen molar-refractivity contribution in [3.8, 4) is 0 Å². The second kappa shape index (κ2) is 5.09. The van der Waals surface area contributed by atoms with Crippen molar-refractivity contribution < 1.29 is 4.79 Å². The summed E-state index contributed by atoms with van der Waals surface area (Å²) in [6.07, 6.45) is 6.03. The summed E-state index contributed by atoms with van der Waals surface area (Å²) in [5, 5.41) is 0.727. The molecule has 0 radical (unpaired) electrons. The van der Waals surface area contributed by atoms with E-state index in [4.69, 9.17) is 17.3 Å². The first-order chi connectivity index (χ1) is 8.12. The molecule has 3 heteroatoms. The molecule has 0 heterocycles. The smallest absolute Gasteiger partial charge is 0.223 e. The SMILES string of the molecule is NC(=O)C1(Cc2ccc(Cl)cc2)CCCCC1. The van der Waals surface area contributed by atoms with E-state index in [-0.39, 0.29) is 11.3 Å². The Balaban J connectivity index is 2.17. The van der Waals surface area contributed by atoms with Gasteiger partial charge in [-0.2, -0.15) is 0 Å². The molecule has 0 saturated heterocycles. The predicted octanol–water partition coefficient (Wildman–Crippen LogP) is 3.32. The van der Waals surface area contributed by atoms with Crippen LogP contribution in [0.2, 0.25) is 5.02 Å². The Kier molecular flexibility index (Phi) is 3.72. The van der Waals surface area contributed by atoms with Crippen LogP contribution in [-0.4, -0.2) is 5.91 Å². The molecule has 0 bridgehead atoms. The van der Waals surface area contributed by atoms with Gasteiger partial charge in [-0.25, -0.2) is 0 Å². The van der Waals surface area contributed by atoms with Gasteiger partial charge in [-0.1, -0.05) is 43.0 Å². The van der Waals surface area contributed by atoms with Crippen LogP contribution in [0.25, 0.3) is 0 Å². The third-order valence-electron chi connectivity index (χ3n) is 3.79. The number of hydrogen-bond donors (Lipinski definition) is 1. The number of benzene rings is 1. The summed E-state index contributed by atoms with van der Waals surface area (Å²) < 4.78 is 0. The summed E-state index contributed by atoms with van der Waals surface area (Å²) >= 11 is 5.86. The van der Waals surface area contributed by atoms with Crippen LogP contribution in [0.4, 0.5) is 0 Å². The van der Waals surface area contributed by atoms with Crippen LogP contribution in [0.15, 0.2) is 24.3 Å². The Hall–Kier alpha value is -1.02. The Morgan fingerprint density at radius 2 is 1.76 bits per heavy atom. The summed E-state index contributed by atoms with van der Waals surface area (Å²) in [4.78, 5) is 11.7. The Labute approximate surface area is 107 Å². The van der Waals surface area contributed by atoms with Gasteiger partial charge in [0.25, 0.3) is 0 Å². The van der Waals surface area contributed by atoms with Gasteiger partial charge < -0.3 is 5.73 Å². The van der Waals surface area contributed by atoms with E-state index < -0.39 is 0 Å². The topological polar surface area (TPSA) is 43.1 Å². The van der Waals surface area contributed by atoms with Crippen LogP contribution in [-0.2, 0) is 11.2 Å². The highest BCUT2D eigenvalue weighted by molar-refractivity contribution is 6.30. The number of nitrogens with two attached hydrogens (primary N) is 1. The molecule has 2 nitrogen and oxygen atoms in total. The lowest BCUT2D eigenvalue weighted by atomic mass is 9.70. The minimum Gasteiger partial charge on any atom is -0.369 e. The van der Waals surface area contributed by atoms with E-state index in [1.165, 1.54) is 6.42 Å². The highest BCUT2D eigenvalue weighted by atomic mass is 35.5. The summed E-state index contributed by atoms with van der Waals surface area (Å²) in [5.41, 5.74) is 6.44. The van der Waals surface area contributed by atoms with Crippen LogP contribution in [0.3, 0.4) is 0 Å². The molecule has 17 heavy (non-hydrogen) atoms. The van der Waals surface area contributed by atoms with Crippen LogP contribution < -0.4 is 5.73 Å². The first kappa shape index (κ1) is 12.4. The Morgan fingerprint density at radius 1 is 1.18 bits per heavy atom. The third-order valence-corrected chi connectivity index (χ3v) is 4.04. The number of halogens is 1. The number of hydrogen-bond acceptors (Lipinski definition) is 1. The number of carbonyl (C=O) groups excluding carboxylic acids is 1. The minimum atomic E-state index is -0.327. The summed E-state index contributed by atoms with van der Waals surface area (Å²) in [6.45, 7) is 0. The lowest BCUT2D eigenvalue weighted by Crippen LogP contribution is -2.40. The van der Waals surface area contributed by atoms with Crippen molar-refractivity contribution >= 4 is 17.5 Å². The first-order valence-electron chi connectivity index (χ1n) is 6.17. The van der Waals surface area contributed by atoms with Crippen molar-refractivity contribution in [2.45, 2.75) is 38.5 Å². The molecule has 0 spiro atoms. The van der Waals surface area contributed by atoms with Crippen molar-refractivity contribution in [2.75, 3.05) is 0 Å². The van der Waals surface area contributed by atoms with Gasteiger partial charge >= 0.3 is 0 Å². The van der Waals surface area contributed by atoms with Crippen LogP contribution in [0.1, 0.15) is 37.7 Å². The maximum Gasteiger partial charge on any atom is 0.223 e. The molecule has 1 aliphatic rings. The van der Waals surface area contributed by atoms with Crippen molar-refractivity contribution in [1.82, 2.24) is 0 Å². The summed E-state index contributed by atoms with van der Waals surface area (Å²) in [7, 11) is 0. The molecule has 0 aliphatic heterocycles. The number of primary amides is 1. The van der Waals surface area contributed by atoms with Crippen molar-refractivity contribution in [2.24, 2.45) is 11.1 Å². The van der Waals surface area contributed by atoms with E-state index in [1.54, 1.807) is 0 Å². The number of rotatable bonds is 3. The van der Waals surface area contributed by atoms with E-state index in [0.717, 1.165) is 42.7 Å². The lowest BCUT2D eigenvalue weighted by molar-refractivity contribution is -0.129. The molecule has 0 atom stereocenters. The quantitative estimate of drug-likeness (QED) is 0.880. The van der Waals surface area contributed by atoms with Crippen LogP contribution in [0, 0.1) is 5.41 Å². The van der Waals surface area contributed by atoms with Crippen LogP contribution in [0.5, 0.6) is 0 Å². The molecule has 1 amide bonds. The average Bonchev–Trinajstić information content (AvgIpc) is 2.33.